The Morgan fingerprint density at radius 1 is 1.08 bits per heavy atom. The minimum atomic E-state index is -0.461. The Morgan fingerprint density at radius 3 is 2.58 bits per heavy atom. The smallest absolute Gasteiger partial charge is 0.363 e. The van der Waals surface area contributed by atoms with Crippen molar-refractivity contribution in [1.82, 2.24) is 0 Å². The van der Waals surface area contributed by atoms with Crippen molar-refractivity contribution < 1.29 is 14.3 Å². The summed E-state index contributed by atoms with van der Waals surface area (Å²) in [5.74, 6) is -0.189. The summed E-state index contributed by atoms with van der Waals surface area (Å²) in [5.41, 5.74) is 2.99. The molecule has 2 aromatic rings. The number of cyclic esters (lactones) is 1. The molecule has 2 aliphatic heterocycles. The highest BCUT2D eigenvalue weighted by Gasteiger charge is 2.24. The summed E-state index contributed by atoms with van der Waals surface area (Å²) in [5, 5.41) is 0.567. The molecule has 0 aliphatic carbocycles. The van der Waals surface area contributed by atoms with E-state index in [4.69, 9.17) is 21.1 Å². The molecular formula is C20H17ClN2O3. The van der Waals surface area contributed by atoms with Crippen LogP contribution < -0.4 is 4.90 Å². The van der Waals surface area contributed by atoms with E-state index >= 15 is 0 Å². The molecule has 0 bridgehead atoms. The minimum absolute atomic E-state index is 0.272. The van der Waals surface area contributed by atoms with Crippen LogP contribution in [0.5, 0.6) is 0 Å². The molecule has 6 heteroatoms. The number of carbonyl (C=O) groups is 1. The zero-order valence-corrected chi connectivity index (χ0v) is 14.8. The van der Waals surface area contributed by atoms with Crippen molar-refractivity contribution in [3.05, 3.63) is 70.4 Å². The van der Waals surface area contributed by atoms with Crippen molar-refractivity contribution >= 4 is 35.2 Å². The molecule has 0 unspecified atom stereocenters. The number of halogens is 1. The maximum absolute atomic E-state index is 12.1. The second-order valence-corrected chi connectivity index (χ2v) is 6.47. The zero-order chi connectivity index (χ0) is 17.9. The molecule has 0 atom stereocenters. The molecule has 0 N–H and O–H groups in total. The van der Waals surface area contributed by atoms with Crippen molar-refractivity contribution in [3.63, 3.8) is 0 Å². The molecule has 0 radical (unpaired) electrons. The highest BCUT2D eigenvalue weighted by atomic mass is 35.5. The number of hydrogen-bond acceptors (Lipinski definition) is 5. The van der Waals surface area contributed by atoms with Crippen LogP contribution in [-0.2, 0) is 14.3 Å². The molecule has 132 valence electrons. The van der Waals surface area contributed by atoms with E-state index in [2.05, 4.69) is 9.89 Å². The monoisotopic (exact) mass is 368 g/mol. The first-order valence-electron chi connectivity index (χ1n) is 8.40. The number of benzene rings is 2. The first-order chi connectivity index (χ1) is 12.7. The molecule has 2 heterocycles. The molecule has 1 fully saturated rings. The fourth-order valence-corrected chi connectivity index (χ4v) is 3.11. The summed E-state index contributed by atoms with van der Waals surface area (Å²) in [6.07, 6.45) is 1.73. The molecule has 0 amide bonds. The maximum Gasteiger partial charge on any atom is 0.363 e. The van der Waals surface area contributed by atoms with Crippen molar-refractivity contribution in [2.45, 2.75) is 0 Å². The number of ether oxygens (including phenoxy) is 2. The van der Waals surface area contributed by atoms with Gasteiger partial charge in [-0.2, -0.15) is 0 Å². The van der Waals surface area contributed by atoms with Gasteiger partial charge in [0.05, 0.1) is 13.2 Å². The van der Waals surface area contributed by atoms with Gasteiger partial charge in [-0.05, 0) is 42.0 Å². The van der Waals surface area contributed by atoms with Crippen LogP contribution in [0.15, 0.2) is 59.2 Å². The second kappa shape index (κ2) is 7.32. The lowest BCUT2D eigenvalue weighted by Gasteiger charge is -2.28. The van der Waals surface area contributed by atoms with Gasteiger partial charge in [-0.25, -0.2) is 9.79 Å². The van der Waals surface area contributed by atoms with Gasteiger partial charge in [0.2, 0.25) is 5.90 Å². The fraction of sp³-hybridized carbons (Fsp3) is 0.200. The van der Waals surface area contributed by atoms with Gasteiger partial charge in [0.15, 0.2) is 5.70 Å². The Hall–Kier alpha value is -2.63. The maximum atomic E-state index is 12.1. The first kappa shape index (κ1) is 16.8. The Morgan fingerprint density at radius 2 is 1.85 bits per heavy atom. The van der Waals surface area contributed by atoms with Gasteiger partial charge >= 0.3 is 5.97 Å². The Balaban J connectivity index is 1.54. The third-order valence-electron chi connectivity index (χ3n) is 4.26. The number of carbonyl (C=O) groups excluding carboxylic acids is 1. The predicted molar refractivity (Wildman–Crippen MR) is 102 cm³/mol. The highest BCUT2D eigenvalue weighted by molar-refractivity contribution is 6.31. The SMILES string of the molecule is O=C1OC(c2cccc(Cl)c2)=N/C1=C/c1ccc(N2CCOCC2)cc1. The summed E-state index contributed by atoms with van der Waals surface area (Å²) in [7, 11) is 0. The van der Waals surface area contributed by atoms with Crippen LogP contribution in [0.2, 0.25) is 5.02 Å². The normalized spacial score (nSPS) is 18.8. The lowest BCUT2D eigenvalue weighted by atomic mass is 10.1. The molecule has 0 saturated carbocycles. The largest absolute Gasteiger partial charge is 0.402 e. The summed E-state index contributed by atoms with van der Waals surface area (Å²) in [6, 6.07) is 15.1. The van der Waals surface area contributed by atoms with E-state index in [1.807, 2.05) is 24.3 Å². The average molecular weight is 369 g/mol. The average Bonchev–Trinajstić information content (AvgIpc) is 3.04. The molecule has 4 rings (SSSR count). The zero-order valence-electron chi connectivity index (χ0n) is 14.0. The van der Waals surface area contributed by atoms with Crippen LogP contribution >= 0.6 is 11.6 Å². The number of morpholine rings is 1. The topological polar surface area (TPSA) is 51.1 Å². The predicted octanol–water partition coefficient (Wildman–Crippen LogP) is 3.52. The Labute approximate surface area is 156 Å². The third-order valence-corrected chi connectivity index (χ3v) is 4.50. The van der Waals surface area contributed by atoms with Gasteiger partial charge in [0, 0.05) is 29.4 Å². The standard InChI is InChI=1S/C20H17ClN2O3/c21-16-3-1-2-15(13-16)19-22-18(20(24)26-19)12-14-4-6-17(7-5-14)23-8-10-25-11-9-23/h1-7,12-13H,8-11H2/b18-12+. The van der Waals surface area contributed by atoms with E-state index in [0.717, 1.165) is 37.6 Å². The number of nitrogens with zero attached hydrogens (tertiary/aromatic N) is 2. The molecule has 0 spiro atoms. The van der Waals surface area contributed by atoms with Crippen molar-refractivity contribution in [2.75, 3.05) is 31.2 Å². The van der Waals surface area contributed by atoms with Crippen LogP contribution in [0.1, 0.15) is 11.1 Å². The van der Waals surface area contributed by atoms with Gasteiger partial charge in [0.25, 0.3) is 0 Å². The van der Waals surface area contributed by atoms with Crippen LogP contribution in [0, 0.1) is 0 Å². The van der Waals surface area contributed by atoms with Crippen molar-refractivity contribution in [1.29, 1.82) is 0 Å². The van der Waals surface area contributed by atoms with E-state index in [0.29, 0.717) is 10.6 Å². The van der Waals surface area contributed by atoms with Crippen LogP contribution in [0.25, 0.3) is 6.08 Å². The molecular weight excluding hydrogens is 352 g/mol. The first-order valence-corrected chi connectivity index (χ1v) is 8.78. The van der Waals surface area contributed by atoms with Gasteiger partial charge in [0.1, 0.15) is 0 Å². The summed E-state index contributed by atoms with van der Waals surface area (Å²) in [6.45, 7) is 3.28. The van der Waals surface area contributed by atoms with Crippen LogP contribution in [0.3, 0.4) is 0 Å². The molecule has 26 heavy (non-hydrogen) atoms. The van der Waals surface area contributed by atoms with Gasteiger partial charge in [-0.15, -0.1) is 0 Å². The fourth-order valence-electron chi connectivity index (χ4n) is 2.91. The summed E-state index contributed by atoms with van der Waals surface area (Å²) >= 11 is 5.98. The van der Waals surface area contributed by atoms with Crippen LogP contribution in [0.4, 0.5) is 5.69 Å². The summed E-state index contributed by atoms with van der Waals surface area (Å²) in [4.78, 5) is 18.7. The van der Waals surface area contributed by atoms with Crippen LogP contribution in [-0.4, -0.2) is 38.2 Å². The summed E-state index contributed by atoms with van der Waals surface area (Å²) < 4.78 is 10.6. The number of hydrogen-bond donors (Lipinski definition) is 0. The number of anilines is 1. The minimum Gasteiger partial charge on any atom is -0.402 e. The van der Waals surface area contributed by atoms with Crippen molar-refractivity contribution in [2.24, 2.45) is 4.99 Å². The van der Waals surface area contributed by atoms with Crippen molar-refractivity contribution in [3.8, 4) is 0 Å². The highest BCUT2D eigenvalue weighted by Crippen LogP contribution is 2.22. The lowest BCUT2D eigenvalue weighted by molar-refractivity contribution is -0.129. The quantitative estimate of drug-likeness (QED) is 0.614. The number of aliphatic imine (C=N–C) groups is 1. The van der Waals surface area contributed by atoms with Gasteiger partial charge < -0.3 is 14.4 Å². The Kier molecular flexibility index (Phi) is 4.73. The molecule has 2 aliphatic rings. The second-order valence-electron chi connectivity index (χ2n) is 6.04. The van der Waals surface area contributed by atoms with E-state index in [-0.39, 0.29) is 11.6 Å². The molecule has 0 aromatic heterocycles. The van der Waals surface area contributed by atoms with E-state index in [1.165, 1.54) is 0 Å². The van der Waals surface area contributed by atoms with E-state index in [1.54, 1.807) is 30.3 Å². The number of rotatable bonds is 3. The lowest BCUT2D eigenvalue weighted by Crippen LogP contribution is -2.36. The molecule has 1 saturated heterocycles. The number of esters is 1. The molecule has 2 aromatic carbocycles. The van der Waals surface area contributed by atoms with Gasteiger partial charge in [-0.1, -0.05) is 29.8 Å². The molecule has 5 nitrogen and oxygen atoms in total. The van der Waals surface area contributed by atoms with E-state index in [9.17, 15) is 4.79 Å². The van der Waals surface area contributed by atoms with Gasteiger partial charge in [-0.3, -0.25) is 0 Å². The third kappa shape index (κ3) is 3.64. The Bertz CT molecular complexity index is 884. The van der Waals surface area contributed by atoms with E-state index < -0.39 is 5.97 Å².